The molecule has 2 amide bonds. The van der Waals surface area contributed by atoms with Crippen LogP contribution in [0.4, 0.5) is 0 Å². The predicted octanol–water partition coefficient (Wildman–Crippen LogP) is 2.99. The molecule has 7 heteroatoms. The molecule has 1 fully saturated rings. The number of nitrogens with zero attached hydrogens (tertiary/aromatic N) is 2. The first-order valence-electron chi connectivity index (χ1n) is 12.1. The Balaban J connectivity index is 1.30. The van der Waals surface area contributed by atoms with E-state index < -0.39 is 0 Å². The zero-order chi connectivity index (χ0) is 24.1. The molecular weight excluding hydrogens is 430 g/mol. The van der Waals surface area contributed by atoms with E-state index in [1.165, 1.54) is 5.56 Å². The molecule has 1 N–H and O–H groups in total. The van der Waals surface area contributed by atoms with E-state index in [-0.39, 0.29) is 29.7 Å². The van der Waals surface area contributed by atoms with E-state index >= 15 is 0 Å². The molecule has 1 atom stereocenters. The number of esters is 1. The van der Waals surface area contributed by atoms with Crippen LogP contribution < -0.4 is 10.1 Å². The van der Waals surface area contributed by atoms with Gasteiger partial charge in [-0.2, -0.15) is 0 Å². The molecule has 1 aliphatic carbocycles. The van der Waals surface area contributed by atoms with Crippen LogP contribution in [0, 0.1) is 0 Å². The van der Waals surface area contributed by atoms with Crippen LogP contribution >= 0.6 is 0 Å². The van der Waals surface area contributed by atoms with Gasteiger partial charge in [-0.05, 0) is 68.5 Å². The molecule has 0 bridgehead atoms. The summed E-state index contributed by atoms with van der Waals surface area (Å²) >= 11 is 0. The van der Waals surface area contributed by atoms with Gasteiger partial charge in [0, 0.05) is 37.8 Å². The summed E-state index contributed by atoms with van der Waals surface area (Å²) in [6.45, 7) is 6.71. The lowest BCUT2D eigenvalue weighted by Crippen LogP contribution is -2.51. The van der Waals surface area contributed by atoms with E-state index in [4.69, 9.17) is 4.74 Å². The molecule has 7 nitrogen and oxygen atoms in total. The van der Waals surface area contributed by atoms with Crippen molar-refractivity contribution >= 4 is 17.8 Å². The molecule has 0 spiro atoms. The van der Waals surface area contributed by atoms with Crippen LogP contribution in [-0.4, -0.2) is 66.3 Å². The van der Waals surface area contributed by atoms with Gasteiger partial charge in [-0.25, -0.2) is 0 Å². The lowest BCUT2D eigenvalue weighted by Gasteiger charge is -2.34. The Morgan fingerprint density at radius 2 is 1.71 bits per heavy atom. The van der Waals surface area contributed by atoms with Crippen LogP contribution in [-0.2, 0) is 16.0 Å². The Morgan fingerprint density at radius 3 is 2.41 bits per heavy atom. The number of carbonyl (C=O) groups is 3. The zero-order valence-electron chi connectivity index (χ0n) is 20.0. The summed E-state index contributed by atoms with van der Waals surface area (Å²) < 4.78 is 5.66. The maximum atomic E-state index is 12.9. The lowest BCUT2D eigenvalue weighted by atomic mass is 9.83. The van der Waals surface area contributed by atoms with Gasteiger partial charge in [0.2, 0.25) is 5.91 Å². The van der Waals surface area contributed by atoms with Crippen LogP contribution in [0.1, 0.15) is 54.1 Å². The number of hydrogen-bond acceptors (Lipinski definition) is 5. The molecule has 2 aliphatic rings. The van der Waals surface area contributed by atoms with Crippen molar-refractivity contribution in [3.63, 3.8) is 0 Å². The van der Waals surface area contributed by atoms with Crippen LogP contribution in [0.5, 0.6) is 5.75 Å². The Kier molecular flexibility index (Phi) is 7.63. The van der Waals surface area contributed by atoms with Crippen molar-refractivity contribution in [2.45, 2.75) is 45.1 Å². The largest absolute Gasteiger partial charge is 0.426 e. The quantitative estimate of drug-likeness (QED) is 0.526. The summed E-state index contributed by atoms with van der Waals surface area (Å²) in [6.07, 6.45) is 2.76. The van der Waals surface area contributed by atoms with Crippen LogP contribution in [0.15, 0.2) is 48.5 Å². The zero-order valence-corrected chi connectivity index (χ0v) is 20.0. The van der Waals surface area contributed by atoms with Crippen molar-refractivity contribution in [3.8, 4) is 5.75 Å². The molecule has 2 aromatic rings. The van der Waals surface area contributed by atoms with E-state index in [1.807, 2.05) is 32.0 Å². The summed E-state index contributed by atoms with van der Waals surface area (Å²) in [5.74, 6) is -0.0818. The SMILES string of the molecule is CC(C)NC(=O)CN1CCN(C(=O)c2ccc(OC(=O)C3CCCc4ccccc43)cc2)CC1. The molecule has 1 heterocycles. The molecule has 0 radical (unpaired) electrons. The fourth-order valence-electron chi connectivity index (χ4n) is 4.71. The van der Waals surface area contributed by atoms with Gasteiger partial charge >= 0.3 is 5.97 Å². The maximum Gasteiger partial charge on any atom is 0.318 e. The number of carbonyl (C=O) groups excluding carboxylic acids is 3. The minimum Gasteiger partial charge on any atom is -0.426 e. The number of ether oxygens (including phenoxy) is 1. The van der Waals surface area contributed by atoms with Gasteiger partial charge in [0.15, 0.2) is 0 Å². The van der Waals surface area contributed by atoms with Crippen molar-refractivity contribution < 1.29 is 19.1 Å². The number of rotatable bonds is 6. The summed E-state index contributed by atoms with van der Waals surface area (Å²) in [5.41, 5.74) is 2.84. The van der Waals surface area contributed by atoms with E-state index in [0.29, 0.717) is 44.0 Å². The highest BCUT2D eigenvalue weighted by Crippen LogP contribution is 2.32. The number of piperazine rings is 1. The van der Waals surface area contributed by atoms with Gasteiger partial charge in [0.1, 0.15) is 5.75 Å². The molecule has 1 saturated heterocycles. The van der Waals surface area contributed by atoms with Gasteiger partial charge in [-0.15, -0.1) is 0 Å². The first-order chi connectivity index (χ1) is 16.4. The second-order valence-corrected chi connectivity index (χ2v) is 9.38. The van der Waals surface area contributed by atoms with Crippen molar-refractivity contribution in [3.05, 3.63) is 65.2 Å². The minimum absolute atomic E-state index is 0.0108. The molecule has 4 rings (SSSR count). The molecule has 2 aromatic carbocycles. The first-order valence-corrected chi connectivity index (χ1v) is 12.1. The predicted molar refractivity (Wildman–Crippen MR) is 130 cm³/mol. The molecule has 34 heavy (non-hydrogen) atoms. The molecule has 0 aromatic heterocycles. The highest BCUT2D eigenvalue weighted by molar-refractivity contribution is 5.94. The number of nitrogens with one attached hydrogen (secondary N) is 1. The topological polar surface area (TPSA) is 79.0 Å². The third kappa shape index (κ3) is 5.83. The van der Waals surface area contributed by atoms with E-state index in [0.717, 1.165) is 24.8 Å². The second kappa shape index (κ2) is 10.8. The van der Waals surface area contributed by atoms with Crippen LogP contribution in [0.3, 0.4) is 0 Å². The average molecular weight is 464 g/mol. The Labute approximate surface area is 201 Å². The summed E-state index contributed by atoms with van der Waals surface area (Å²) in [6, 6.07) is 15.0. The number of amides is 2. The Morgan fingerprint density at radius 1 is 1.00 bits per heavy atom. The van der Waals surface area contributed by atoms with Crippen LogP contribution in [0.2, 0.25) is 0 Å². The maximum absolute atomic E-state index is 12.9. The summed E-state index contributed by atoms with van der Waals surface area (Å²) in [5, 5.41) is 2.90. The van der Waals surface area contributed by atoms with Crippen molar-refractivity contribution in [2.24, 2.45) is 0 Å². The molecular formula is C27H33N3O4. The van der Waals surface area contributed by atoms with E-state index in [2.05, 4.69) is 16.3 Å². The highest BCUT2D eigenvalue weighted by Gasteiger charge is 2.28. The van der Waals surface area contributed by atoms with Gasteiger partial charge in [0.05, 0.1) is 12.5 Å². The van der Waals surface area contributed by atoms with Crippen molar-refractivity contribution in [2.75, 3.05) is 32.7 Å². The monoisotopic (exact) mass is 463 g/mol. The molecule has 1 unspecified atom stereocenters. The summed E-state index contributed by atoms with van der Waals surface area (Å²) in [7, 11) is 0. The highest BCUT2D eigenvalue weighted by atomic mass is 16.5. The normalized spacial score (nSPS) is 18.3. The Hall–Kier alpha value is -3.19. The Bertz CT molecular complexity index is 1030. The summed E-state index contributed by atoms with van der Waals surface area (Å²) in [4.78, 5) is 41.6. The fourth-order valence-corrected chi connectivity index (χ4v) is 4.71. The minimum atomic E-state index is -0.246. The average Bonchev–Trinajstić information content (AvgIpc) is 2.83. The van der Waals surface area contributed by atoms with Gasteiger partial charge in [-0.1, -0.05) is 24.3 Å². The molecule has 1 aliphatic heterocycles. The first kappa shape index (κ1) is 24.0. The fraction of sp³-hybridized carbons (Fsp3) is 0.444. The molecule has 180 valence electrons. The smallest absolute Gasteiger partial charge is 0.318 e. The number of aryl methyl sites for hydroxylation is 1. The number of benzene rings is 2. The molecule has 0 saturated carbocycles. The third-order valence-electron chi connectivity index (χ3n) is 6.45. The van der Waals surface area contributed by atoms with Gasteiger partial charge < -0.3 is 15.0 Å². The third-order valence-corrected chi connectivity index (χ3v) is 6.45. The van der Waals surface area contributed by atoms with Crippen molar-refractivity contribution in [1.82, 2.24) is 15.1 Å². The van der Waals surface area contributed by atoms with E-state index in [9.17, 15) is 14.4 Å². The van der Waals surface area contributed by atoms with Gasteiger partial charge in [-0.3, -0.25) is 19.3 Å². The van der Waals surface area contributed by atoms with Gasteiger partial charge in [0.25, 0.3) is 5.91 Å². The second-order valence-electron chi connectivity index (χ2n) is 9.38. The standard InChI is InChI=1S/C27H33N3O4/c1-19(2)28-25(31)18-29-14-16-30(17-15-29)26(32)21-10-12-22(13-11-21)34-27(33)24-9-5-7-20-6-3-4-8-23(20)24/h3-4,6,8,10-13,19,24H,5,7,9,14-18H2,1-2H3,(H,28,31). The van der Waals surface area contributed by atoms with E-state index in [1.54, 1.807) is 29.2 Å². The van der Waals surface area contributed by atoms with Crippen molar-refractivity contribution in [1.29, 1.82) is 0 Å². The van der Waals surface area contributed by atoms with Crippen LogP contribution in [0.25, 0.3) is 0 Å². The lowest BCUT2D eigenvalue weighted by molar-refractivity contribution is -0.136. The number of hydrogen-bond donors (Lipinski definition) is 1. The number of fused-ring (bicyclic) bond motifs is 1.